The molecule has 0 unspecified atom stereocenters. The number of hydrogen-bond donors (Lipinski definition) is 1. The monoisotopic (exact) mass is 157 g/mol. The van der Waals surface area contributed by atoms with Gasteiger partial charge in [0.2, 0.25) is 0 Å². The lowest BCUT2D eigenvalue weighted by Crippen LogP contribution is -1.95. The molecule has 0 radical (unpaired) electrons. The molecule has 0 fully saturated rings. The molecule has 0 spiro atoms. The SMILES string of the molecule is CCCCCCC(CC)=NO. The summed E-state index contributed by atoms with van der Waals surface area (Å²) in [4.78, 5) is 0. The van der Waals surface area contributed by atoms with Crippen LogP contribution < -0.4 is 0 Å². The molecule has 0 aliphatic rings. The summed E-state index contributed by atoms with van der Waals surface area (Å²) in [5.74, 6) is 0. The van der Waals surface area contributed by atoms with E-state index in [0.717, 1.165) is 18.6 Å². The van der Waals surface area contributed by atoms with E-state index in [-0.39, 0.29) is 0 Å². The molecule has 2 heteroatoms. The Hall–Kier alpha value is -0.530. The van der Waals surface area contributed by atoms with Gasteiger partial charge in [-0.2, -0.15) is 0 Å². The summed E-state index contributed by atoms with van der Waals surface area (Å²) in [6, 6.07) is 0. The second kappa shape index (κ2) is 7.58. The van der Waals surface area contributed by atoms with Gasteiger partial charge in [0.15, 0.2) is 0 Å². The molecule has 1 N–H and O–H groups in total. The van der Waals surface area contributed by atoms with Crippen molar-refractivity contribution in [2.75, 3.05) is 0 Å². The molecule has 0 bridgehead atoms. The van der Waals surface area contributed by atoms with E-state index >= 15 is 0 Å². The van der Waals surface area contributed by atoms with Crippen molar-refractivity contribution in [3.8, 4) is 0 Å². The summed E-state index contributed by atoms with van der Waals surface area (Å²) in [5.41, 5.74) is 0.932. The van der Waals surface area contributed by atoms with Crippen molar-refractivity contribution in [3.63, 3.8) is 0 Å². The average Bonchev–Trinajstić information content (AvgIpc) is 2.05. The molecule has 0 aromatic carbocycles. The maximum Gasteiger partial charge on any atom is 0.0568 e. The van der Waals surface area contributed by atoms with Crippen LogP contribution in [0.25, 0.3) is 0 Å². The van der Waals surface area contributed by atoms with Gasteiger partial charge in [0.25, 0.3) is 0 Å². The minimum absolute atomic E-state index is 0.878. The lowest BCUT2D eigenvalue weighted by molar-refractivity contribution is 0.316. The Morgan fingerprint density at radius 3 is 2.36 bits per heavy atom. The summed E-state index contributed by atoms with van der Waals surface area (Å²) in [5, 5.41) is 11.7. The zero-order chi connectivity index (χ0) is 8.53. The Kier molecular flexibility index (Phi) is 7.21. The van der Waals surface area contributed by atoms with Gasteiger partial charge in [0.05, 0.1) is 5.71 Å². The molecule has 0 aromatic heterocycles. The quantitative estimate of drug-likeness (QED) is 0.273. The largest absolute Gasteiger partial charge is 0.411 e. The molecule has 0 aromatic rings. The smallest absolute Gasteiger partial charge is 0.0568 e. The van der Waals surface area contributed by atoms with E-state index in [1.54, 1.807) is 0 Å². The van der Waals surface area contributed by atoms with Crippen LogP contribution in [0.15, 0.2) is 5.16 Å². The van der Waals surface area contributed by atoms with Crippen molar-refractivity contribution in [3.05, 3.63) is 0 Å². The van der Waals surface area contributed by atoms with E-state index in [4.69, 9.17) is 5.21 Å². The predicted molar refractivity (Wildman–Crippen MR) is 48.3 cm³/mol. The van der Waals surface area contributed by atoms with Crippen molar-refractivity contribution >= 4 is 5.71 Å². The number of unbranched alkanes of at least 4 members (excludes halogenated alkanes) is 3. The zero-order valence-electron chi connectivity index (χ0n) is 7.64. The first-order valence-electron chi connectivity index (χ1n) is 4.54. The van der Waals surface area contributed by atoms with Crippen LogP contribution in [-0.2, 0) is 0 Å². The summed E-state index contributed by atoms with van der Waals surface area (Å²) in [6.45, 7) is 4.22. The van der Waals surface area contributed by atoms with Gasteiger partial charge in [-0.25, -0.2) is 0 Å². The van der Waals surface area contributed by atoms with E-state index in [0.29, 0.717) is 0 Å². The van der Waals surface area contributed by atoms with Crippen LogP contribution in [0.4, 0.5) is 0 Å². The summed E-state index contributed by atoms with van der Waals surface area (Å²) >= 11 is 0. The highest BCUT2D eigenvalue weighted by atomic mass is 16.4. The first kappa shape index (κ1) is 10.5. The lowest BCUT2D eigenvalue weighted by Gasteiger charge is -1.99. The Morgan fingerprint density at radius 1 is 1.18 bits per heavy atom. The van der Waals surface area contributed by atoms with Gasteiger partial charge in [0, 0.05) is 0 Å². The van der Waals surface area contributed by atoms with Crippen molar-refractivity contribution in [2.45, 2.75) is 52.4 Å². The van der Waals surface area contributed by atoms with E-state index < -0.39 is 0 Å². The maximum absolute atomic E-state index is 8.47. The van der Waals surface area contributed by atoms with Gasteiger partial charge in [-0.15, -0.1) is 0 Å². The number of nitrogens with zero attached hydrogens (tertiary/aromatic N) is 1. The second-order valence-corrected chi connectivity index (χ2v) is 2.83. The van der Waals surface area contributed by atoms with E-state index in [9.17, 15) is 0 Å². The van der Waals surface area contributed by atoms with Crippen molar-refractivity contribution in [2.24, 2.45) is 5.16 Å². The van der Waals surface area contributed by atoms with E-state index in [1.165, 1.54) is 25.7 Å². The Balaban J connectivity index is 3.22. The number of hydrogen-bond acceptors (Lipinski definition) is 2. The van der Waals surface area contributed by atoms with Crippen LogP contribution in [0.2, 0.25) is 0 Å². The molecule has 0 aliphatic carbocycles. The fraction of sp³-hybridized carbons (Fsp3) is 0.889. The van der Waals surface area contributed by atoms with Crippen LogP contribution in [0, 0.1) is 0 Å². The molecule has 0 saturated carbocycles. The molecular weight excluding hydrogens is 138 g/mol. The second-order valence-electron chi connectivity index (χ2n) is 2.83. The number of oxime groups is 1. The third kappa shape index (κ3) is 5.89. The van der Waals surface area contributed by atoms with Gasteiger partial charge in [-0.1, -0.05) is 38.3 Å². The minimum Gasteiger partial charge on any atom is -0.411 e. The topological polar surface area (TPSA) is 32.6 Å². The van der Waals surface area contributed by atoms with Gasteiger partial charge in [-0.3, -0.25) is 0 Å². The van der Waals surface area contributed by atoms with Crippen LogP contribution >= 0.6 is 0 Å². The molecule has 0 atom stereocenters. The van der Waals surface area contributed by atoms with Gasteiger partial charge < -0.3 is 5.21 Å². The summed E-state index contributed by atoms with van der Waals surface area (Å²) in [7, 11) is 0. The maximum atomic E-state index is 8.47. The molecule has 0 amide bonds. The van der Waals surface area contributed by atoms with Crippen molar-refractivity contribution < 1.29 is 5.21 Å². The highest BCUT2D eigenvalue weighted by Crippen LogP contribution is 2.04. The van der Waals surface area contributed by atoms with Crippen molar-refractivity contribution in [1.82, 2.24) is 0 Å². The Labute approximate surface area is 69.3 Å². The highest BCUT2D eigenvalue weighted by Gasteiger charge is 1.95. The minimum atomic E-state index is 0.878. The molecule has 66 valence electrons. The van der Waals surface area contributed by atoms with Gasteiger partial charge >= 0.3 is 0 Å². The molecule has 0 saturated heterocycles. The first-order chi connectivity index (χ1) is 5.35. The van der Waals surface area contributed by atoms with E-state index in [2.05, 4.69) is 12.1 Å². The molecule has 0 rings (SSSR count). The lowest BCUT2D eigenvalue weighted by atomic mass is 10.1. The highest BCUT2D eigenvalue weighted by molar-refractivity contribution is 5.83. The first-order valence-corrected chi connectivity index (χ1v) is 4.54. The van der Waals surface area contributed by atoms with Gasteiger partial charge in [-0.05, 0) is 19.3 Å². The van der Waals surface area contributed by atoms with Crippen LogP contribution in [0.3, 0.4) is 0 Å². The molecular formula is C9H19NO. The molecule has 0 heterocycles. The molecule has 0 aliphatic heterocycles. The van der Waals surface area contributed by atoms with Crippen LogP contribution in [0.1, 0.15) is 52.4 Å². The fourth-order valence-corrected chi connectivity index (χ4v) is 1.05. The van der Waals surface area contributed by atoms with Crippen LogP contribution in [-0.4, -0.2) is 10.9 Å². The molecule has 11 heavy (non-hydrogen) atoms. The predicted octanol–water partition coefficient (Wildman–Crippen LogP) is 3.20. The standard InChI is InChI=1S/C9H19NO/c1-3-5-6-7-8-9(4-2)10-11/h11H,3-8H2,1-2H3. The van der Waals surface area contributed by atoms with E-state index in [1.807, 2.05) is 6.92 Å². The molecule has 2 nitrogen and oxygen atoms in total. The summed E-state index contributed by atoms with van der Waals surface area (Å²) < 4.78 is 0. The fourth-order valence-electron chi connectivity index (χ4n) is 1.05. The third-order valence-electron chi connectivity index (χ3n) is 1.87. The summed E-state index contributed by atoms with van der Waals surface area (Å²) in [6.07, 6.45) is 6.83. The normalized spacial score (nSPS) is 12.0. The van der Waals surface area contributed by atoms with Gasteiger partial charge in [0.1, 0.15) is 0 Å². The zero-order valence-corrected chi connectivity index (χ0v) is 7.64. The Morgan fingerprint density at radius 2 is 1.91 bits per heavy atom. The Bertz CT molecular complexity index is 110. The average molecular weight is 157 g/mol. The van der Waals surface area contributed by atoms with Crippen molar-refractivity contribution in [1.29, 1.82) is 0 Å². The third-order valence-corrected chi connectivity index (χ3v) is 1.87. The number of rotatable bonds is 6. The van der Waals surface area contributed by atoms with Crippen LogP contribution in [0.5, 0.6) is 0 Å².